The van der Waals surface area contributed by atoms with Gasteiger partial charge in [0.25, 0.3) is 0 Å². The molecule has 9 heteroatoms. The van der Waals surface area contributed by atoms with Gasteiger partial charge >= 0.3 is 0 Å². The number of sulfonamides is 1. The van der Waals surface area contributed by atoms with Crippen LogP contribution in [0.15, 0.2) is 47.4 Å². The van der Waals surface area contributed by atoms with Crippen molar-refractivity contribution in [2.75, 3.05) is 27.5 Å². The largest absolute Gasteiger partial charge is 0.497 e. The Bertz CT molecular complexity index is 1100. The molecule has 2 aromatic carbocycles. The van der Waals surface area contributed by atoms with Crippen molar-refractivity contribution < 1.29 is 27.4 Å². The van der Waals surface area contributed by atoms with Crippen molar-refractivity contribution >= 4 is 15.9 Å². The fourth-order valence-electron chi connectivity index (χ4n) is 4.52. The van der Waals surface area contributed by atoms with Crippen molar-refractivity contribution in [3.8, 4) is 17.2 Å². The molecule has 184 valence electrons. The van der Waals surface area contributed by atoms with Crippen LogP contribution in [0.3, 0.4) is 0 Å². The van der Waals surface area contributed by atoms with Gasteiger partial charge in [0, 0.05) is 32.6 Å². The fourth-order valence-corrected chi connectivity index (χ4v) is 5.73. The summed E-state index contributed by atoms with van der Waals surface area (Å²) >= 11 is 0. The van der Waals surface area contributed by atoms with Crippen LogP contribution in [0.25, 0.3) is 0 Å². The van der Waals surface area contributed by atoms with Gasteiger partial charge in [0.05, 0.1) is 12.0 Å². The van der Waals surface area contributed by atoms with E-state index in [1.54, 1.807) is 19.2 Å². The van der Waals surface area contributed by atoms with Crippen LogP contribution in [0.1, 0.15) is 44.1 Å². The third kappa shape index (κ3) is 5.47. The lowest BCUT2D eigenvalue weighted by Gasteiger charge is -2.29. The van der Waals surface area contributed by atoms with E-state index in [-0.39, 0.29) is 30.2 Å². The van der Waals surface area contributed by atoms with Crippen molar-refractivity contribution in [3.63, 3.8) is 0 Å². The lowest BCUT2D eigenvalue weighted by atomic mass is 10.1. The van der Waals surface area contributed by atoms with Gasteiger partial charge in [-0.15, -0.1) is 0 Å². The van der Waals surface area contributed by atoms with E-state index >= 15 is 0 Å². The Labute approximate surface area is 201 Å². The predicted molar refractivity (Wildman–Crippen MR) is 127 cm³/mol. The Hall–Kier alpha value is -2.78. The number of hydrogen-bond donors (Lipinski definition) is 0. The van der Waals surface area contributed by atoms with Gasteiger partial charge in [-0.05, 0) is 61.2 Å². The topological polar surface area (TPSA) is 85.4 Å². The van der Waals surface area contributed by atoms with Crippen LogP contribution in [0.5, 0.6) is 17.2 Å². The van der Waals surface area contributed by atoms with E-state index in [9.17, 15) is 13.2 Å². The van der Waals surface area contributed by atoms with Crippen LogP contribution in [-0.2, 0) is 21.4 Å². The number of rotatable bonds is 10. The Morgan fingerprint density at radius 1 is 1.06 bits per heavy atom. The molecule has 1 aliphatic carbocycles. The molecule has 0 unspecified atom stereocenters. The van der Waals surface area contributed by atoms with Gasteiger partial charge in [-0.3, -0.25) is 4.79 Å². The molecule has 4 rings (SSSR count). The van der Waals surface area contributed by atoms with Crippen LogP contribution in [0.4, 0.5) is 0 Å². The zero-order valence-corrected chi connectivity index (χ0v) is 20.6. The first kappa shape index (κ1) is 24.3. The lowest BCUT2D eigenvalue weighted by molar-refractivity contribution is -0.134. The average Bonchev–Trinajstić information content (AvgIpc) is 3.54. The highest BCUT2D eigenvalue weighted by atomic mass is 32.2. The van der Waals surface area contributed by atoms with Crippen molar-refractivity contribution in [3.05, 3.63) is 48.0 Å². The summed E-state index contributed by atoms with van der Waals surface area (Å²) in [7, 11) is -0.542. The molecule has 2 aromatic rings. The molecule has 34 heavy (non-hydrogen) atoms. The SMILES string of the molecule is COc1ccc(S(=O)(=O)N(C)CCCC(=O)N(Cc2ccc3c(c2)OCO3)C2CCCC2)cc1. The van der Waals surface area contributed by atoms with Crippen molar-refractivity contribution in [2.24, 2.45) is 0 Å². The van der Waals surface area contributed by atoms with E-state index in [1.165, 1.54) is 23.5 Å². The standard InChI is InChI=1S/C25H32N2O6S/c1-26(34(29,30)22-12-10-21(31-2)11-13-22)15-5-8-25(28)27(20-6-3-4-7-20)17-19-9-14-23-24(16-19)33-18-32-23/h9-14,16,20H,3-8,15,17-18H2,1-2H3. The van der Waals surface area contributed by atoms with Gasteiger partial charge in [0.15, 0.2) is 11.5 Å². The molecule has 0 saturated heterocycles. The van der Waals surface area contributed by atoms with Crippen LogP contribution in [0, 0.1) is 0 Å². The van der Waals surface area contributed by atoms with E-state index in [2.05, 4.69) is 0 Å². The smallest absolute Gasteiger partial charge is 0.242 e. The molecule has 2 aliphatic rings. The van der Waals surface area contributed by atoms with Gasteiger partial charge in [0.2, 0.25) is 22.7 Å². The van der Waals surface area contributed by atoms with Gasteiger partial charge < -0.3 is 19.1 Å². The molecule has 0 radical (unpaired) electrons. The van der Waals surface area contributed by atoms with Gasteiger partial charge in [-0.25, -0.2) is 12.7 Å². The lowest BCUT2D eigenvalue weighted by Crippen LogP contribution is -2.38. The Morgan fingerprint density at radius 2 is 1.76 bits per heavy atom. The highest BCUT2D eigenvalue weighted by molar-refractivity contribution is 7.89. The number of fused-ring (bicyclic) bond motifs is 1. The average molecular weight is 489 g/mol. The van der Waals surface area contributed by atoms with E-state index in [0.717, 1.165) is 37.0 Å². The van der Waals surface area contributed by atoms with Gasteiger partial charge in [0.1, 0.15) is 5.75 Å². The summed E-state index contributed by atoms with van der Waals surface area (Å²) in [5.74, 6) is 2.09. The van der Waals surface area contributed by atoms with Crippen molar-refractivity contribution in [1.82, 2.24) is 9.21 Å². The third-order valence-corrected chi connectivity index (χ3v) is 8.38. The molecule has 1 heterocycles. The van der Waals surface area contributed by atoms with Gasteiger partial charge in [-0.2, -0.15) is 0 Å². The first-order valence-electron chi connectivity index (χ1n) is 11.7. The number of carbonyl (C=O) groups is 1. The molecule has 1 fully saturated rings. The van der Waals surface area contributed by atoms with Crippen LogP contribution < -0.4 is 14.2 Å². The molecular weight excluding hydrogens is 456 g/mol. The molecule has 0 N–H and O–H groups in total. The highest BCUT2D eigenvalue weighted by Gasteiger charge is 2.28. The predicted octanol–water partition coefficient (Wildman–Crippen LogP) is 3.80. The summed E-state index contributed by atoms with van der Waals surface area (Å²) in [4.78, 5) is 15.4. The monoisotopic (exact) mass is 488 g/mol. The molecule has 1 aliphatic heterocycles. The summed E-state index contributed by atoms with van der Waals surface area (Å²) in [6.45, 7) is 1.000. The zero-order chi connectivity index (χ0) is 24.1. The number of benzene rings is 2. The van der Waals surface area contributed by atoms with Crippen LogP contribution in [0.2, 0.25) is 0 Å². The summed E-state index contributed by atoms with van der Waals surface area (Å²) in [6, 6.07) is 12.3. The zero-order valence-electron chi connectivity index (χ0n) is 19.7. The molecule has 1 amide bonds. The number of methoxy groups -OCH3 is 1. The molecule has 0 aromatic heterocycles. The Balaban J connectivity index is 1.36. The quantitative estimate of drug-likeness (QED) is 0.506. The maximum Gasteiger partial charge on any atom is 0.242 e. The van der Waals surface area contributed by atoms with Crippen LogP contribution >= 0.6 is 0 Å². The highest BCUT2D eigenvalue weighted by Crippen LogP contribution is 2.34. The second kappa shape index (κ2) is 10.7. The van der Waals surface area contributed by atoms with E-state index in [4.69, 9.17) is 14.2 Å². The Morgan fingerprint density at radius 3 is 2.47 bits per heavy atom. The first-order valence-corrected chi connectivity index (χ1v) is 13.1. The molecule has 8 nitrogen and oxygen atoms in total. The van der Waals surface area contributed by atoms with E-state index < -0.39 is 10.0 Å². The molecule has 0 atom stereocenters. The summed E-state index contributed by atoms with van der Waals surface area (Å²) in [6.07, 6.45) is 5.00. The normalized spacial score (nSPS) is 15.6. The molecule has 0 spiro atoms. The minimum atomic E-state index is -3.63. The van der Waals surface area contributed by atoms with Crippen molar-refractivity contribution in [1.29, 1.82) is 0 Å². The number of amides is 1. The third-order valence-electron chi connectivity index (χ3n) is 6.51. The fraction of sp³-hybridized carbons (Fsp3) is 0.480. The molecule has 0 bridgehead atoms. The molecular formula is C25H32N2O6S. The summed E-state index contributed by atoms with van der Waals surface area (Å²) in [5, 5.41) is 0. The Kier molecular flexibility index (Phi) is 7.63. The number of hydrogen-bond acceptors (Lipinski definition) is 6. The number of nitrogens with zero attached hydrogens (tertiary/aromatic N) is 2. The maximum atomic E-state index is 13.2. The van der Waals surface area contributed by atoms with Gasteiger partial charge in [-0.1, -0.05) is 18.9 Å². The molecule has 1 saturated carbocycles. The minimum absolute atomic E-state index is 0.0554. The minimum Gasteiger partial charge on any atom is -0.497 e. The summed E-state index contributed by atoms with van der Waals surface area (Å²) in [5.41, 5.74) is 1.00. The van der Waals surface area contributed by atoms with E-state index in [0.29, 0.717) is 30.9 Å². The number of ether oxygens (including phenoxy) is 3. The number of carbonyl (C=O) groups excluding carboxylic acids is 1. The first-order chi connectivity index (χ1) is 16.4. The second-order valence-corrected chi connectivity index (χ2v) is 10.8. The van der Waals surface area contributed by atoms with Crippen LogP contribution in [-0.4, -0.2) is 57.1 Å². The second-order valence-electron chi connectivity index (χ2n) is 8.75. The maximum absolute atomic E-state index is 13.2. The van der Waals surface area contributed by atoms with E-state index in [1.807, 2.05) is 23.1 Å². The summed E-state index contributed by atoms with van der Waals surface area (Å²) < 4.78 is 43.0. The van der Waals surface area contributed by atoms with Crippen molar-refractivity contribution in [2.45, 2.75) is 56.0 Å².